The highest BCUT2D eigenvalue weighted by Crippen LogP contribution is 2.24. The third kappa shape index (κ3) is 3.26. The summed E-state index contributed by atoms with van der Waals surface area (Å²) in [6, 6.07) is 1.20. The first-order chi connectivity index (χ1) is 13.0. The lowest BCUT2D eigenvalue weighted by Gasteiger charge is -2.19. The maximum absolute atomic E-state index is 14.6. The third-order valence-electron chi connectivity index (χ3n) is 4.63. The quantitative estimate of drug-likeness (QED) is 0.523. The largest absolute Gasteiger partial charge is 0.477 e. The van der Waals surface area contributed by atoms with Crippen LogP contribution in [-0.2, 0) is 6.54 Å². The van der Waals surface area contributed by atoms with Crippen LogP contribution in [0.4, 0.5) is 10.2 Å². The lowest BCUT2D eigenvalue weighted by atomic mass is 10.2. The smallest absolute Gasteiger partial charge is 0.341 e. The number of rotatable bonds is 5. The van der Waals surface area contributed by atoms with Crippen LogP contribution in [0.3, 0.4) is 0 Å². The van der Waals surface area contributed by atoms with E-state index in [0.717, 1.165) is 24.5 Å². The van der Waals surface area contributed by atoms with Crippen molar-refractivity contribution in [1.29, 1.82) is 0 Å². The number of halogens is 1. The van der Waals surface area contributed by atoms with Gasteiger partial charge < -0.3 is 25.3 Å². The van der Waals surface area contributed by atoms with E-state index in [4.69, 9.17) is 5.11 Å². The van der Waals surface area contributed by atoms with Crippen molar-refractivity contribution in [2.45, 2.75) is 19.0 Å². The molecule has 1 saturated heterocycles. The average Bonchev–Trinajstić information content (AvgIpc) is 3.32. The highest BCUT2D eigenvalue weighted by Gasteiger charge is 2.26. The van der Waals surface area contributed by atoms with Gasteiger partial charge in [0, 0.05) is 37.7 Å². The van der Waals surface area contributed by atoms with E-state index in [9.17, 15) is 14.0 Å². The number of hydrogen-bond acceptors (Lipinski definition) is 6. The summed E-state index contributed by atoms with van der Waals surface area (Å²) >= 11 is 0. The SMILES string of the molecule is O=C(O)c1c[nH]c2nc(N3CCC(NCc4ncc[nH]4)C3)c(F)cc2c1=O. The molecule has 0 amide bonds. The van der Waals surface area contributed by atoms with Gasteiger partial charge in [0.15, 0.2) is 11.6 Å². The molecule has 0 aromatic carbocycles. The zero-order chi connectivity index (χ0) is 19.0. The summed E-state index contributed by atoms with van der Waals surface area (Å²) in [5.74, 6) is -1.05. The van der Waals surface area contributed by atoms with E-state index >= 15 is 0 Å². The van der Waals surface area contributed by atoms with E-state index in [-0.39, 0.29) is 22.9 Å². The Morgan fingerprint density at radius 2 is 2.30 bits per heavy atom. The molecule has 0 aliphatic carbocycles. The number of pyridine rings is 2. The molecule has 0 saturated carbocycles. The van der Waals surface area contributed by atoms with E-state index < -0.39 is 22.8 Å². The number of hydrogen-bond donors (Lipinski definition) is 4. The van der Waals surface area contributed by atoms with Crippen LogP contribution in [0.5, 0.6) is 0 Å². The van der Waals surface area contributed by atoms with Gasteiger partial charge in [0.1, 0.15) is 17.0 Å². The molecule has 3 aromatic heterocycles. The monoisotopic (exact) mass is 372 g/mol. The fraction of sp³-hybridized carbons (Fsp3) is 0.294. The van der Waals surface area contributed by atoms with Gasteiger partial charge >= 0.3 is 5.97 Å². The van der Waals surface area contributed by atoms with Crippen LogP contribution in [0.2, 0.25) is 0 Å². The number of H-pyrrole nitrogens is 2. The molecule has 1 fully saturated rings. The molecule has 0 spiro atoms. The maximum atomic E-state index is 14.6. The highest BCUT2D eigenvalue weighted by atomic mass is 19.1. The Morgan fingerprint density at radius 1 is 1.44 bits per heavy atom. The number of aromatic nitrogens is 4. The van der Waals surface area contributed by atoms with Gasteiger partial charge in [-0.15, -0.1) is 0 Å². The molecule has 9 nitrogen and oxygen atoms in total. The Kier molecular flexibility index (Phi) is 4.32. The van der Waals surface area contributed by atoms with Crippen LogP contribution < -0.4 is 15.6 Å². The predicted octanol–water partition coefficient (Wildman–Crippen LogP) is 0.852. The Labute approximate surface area is 152 Å². The molecular formula is C17H17FN6O3. The van der Waals surface area contributed by atoms with Crippen molar-refractivity contribution in [1.82, 2.24) is 25.3 Å². The molecule has 1 unspecified atom stereocenters. The number of carboxylic acid groups (broad SMARTS) is 1. The highest BCUT2D eigenvalue weighted by molar-refractivity contribution is 5.91. The summed E-state index contributed by atoms with van der Waals surface area (Å²) < 4.78 is 14.6. The Morgan fingerprint density at radius 3 is 3.04 bits per heavy atom. The molecule has 1 atom stereocenters. The molecule has 4 N–H and O–H groups in total. The minimum atomic E-state index is -1.37. The van der Waals surface area contributed by atoms with Crippen molar-refractivity contribution in [3.63, 3.8) is 0 Å². The van der Waals surface area contributed by atoms with Gasteiger partial charge in [0.25, 0.3) is 0 Å². The van der Waals surface area contributed by atoms with E-state index in [1.54, 1.807) is 17.3 Å². The number of aromatic amines is 2. The minimum Gasteiger partial charge on any atom is -0.477 e. The molecule has 10 heteroatoms. The molecule has 0 bridgehead atoms. The summed E-state index contributed by atoms with van der Waals surface area (Å²) in [6.45, 7) is 1.76. The van der Waals surface area contributed by atoms with E-state index in [1.165, 1.54) is 0 Å². The number of nitrogens with one attached hydrogen (secondary N) is 3. The van der Waals surface area contributed by atoms with E-state index in [0.29, 0.717) is 19.6 Å². The van der Waals surface area contributed by atoms with Crippen LogP contribution in [0.25, 0.3) is 11.0 Å². The second-order valence-corrected chi connectivity index (χ2v) is 6.37. The molecule has 1 aliphatic heterocycles. The number of nitrogens with zero attached hydrogens (tertiary/aromatic N) is 3. The van der Waals surface area contributed by atoms with E-state index in [1.807, 2.05) is 0 Å². The van der Waals surface area contributed by atoms with Crippen molar-refractivity contribution < 1.29 is 14.3 Å². The molecule has 140 valence electrons. The van der Waals surface area contributed by atoms with Crippen molar-refractivity contribution in [2.75, 3.05) is 18.0 Å². The maximum Gasteiger partial charge on any atom is 0.341 e. The van der Waals surface area contributed by atoms with Gasteiger partial charge in [-0.25, -0.2) is 19.2 Å². The van der Waals surface area contributed by atoms with Crippen molar-refractivity contribution in [2.24, 2.45) is 0 Å². The fourth-order valence-electron chi connectivity index (χ4n) is 3.25. The molecule has 4 heterocycles. The van der Waals surface area contributed by atoms with Gasteiger partial charge in [-0.2, -0.15) is 0 Å². The van der Waals surface area contributed by atoms with Crippen LogP contribution in [-0.4, -0.2) is 50.1 Å². The lowest BCUT2D eigenvalue weighted by Crippen LogP contribution is -2.33. The second-order valence-electron chi connectivity index (χ2n) is 6.37. The van der Waals surface area contributed by atoms with Crippen LogP contribution in [0.1, 0.15) is 22.6 Å². The Bertz CT molecular complexity index is 1050. The standard InChI is InChI=1S/C17H17FN6O3/c18-12-5-10-14(25)11(17(26)27)6-22-15(10)23-16(12)24-4-1-9(8-24)21-7-13-19-2-3-20-13/h2-3,5-6,9,21H,1,4,7-8H2,(H,19,20)(H,26,27)(H,22,23,25). The summed E-state index contributed by atoms with van der Waals surface area (Å²) in [5, 5.41) is 12.3. The Hall–Kier alpha value is -3.27. The van der Waals surface area contributed by atoms with Crippen molar-refractivity contribution >= 4 is 22.8 Å². The number of carboxylic acids is 1. The van der Waals surface area contributed by atoms with Crippen LogP contribution in [0, 0.1) is 5.82 Å². The molecule has 27 heavy (non-hydrogen) atoms. The third-order valence-corrected chi connectivity index (χ3v) is 4.63. The average molecular weight is 372 g/mol. The van der Waals surface area contributed by atoms with Crippen molar-refractivity contribution in [3.05, 3.63) is 52.1 Å². The first-order valence-electron chi connectivity index (χ1n) is 8.44. The van der Waals surface area contributed by atoms with Gasteiger partial charge in [-0.3, -0.25) is 4.79 Å². The fourth-order valence-corrected chi connectivity index (χ4v) is 3.25. The number of fused-ring (bicyclic) bond motifs is 1. The first-order valence-corrected chi connectivity index (χ1v) is 8.44. The molecule has 3 aromatic rings. The number of aromatic carboxylic acids is 1. The van der Waals surface area contributed by atoms with Crippen LogP contribution >= 0.6 is 0 Å². The number of carbonyl (C=O) groups is 1. The summed E-state index contributed by atoms with van der Waals surface area (Å²) in [5.41, 5.74) is -1.04. The van der Waals surface area contributed by atoms with Gasteiger partial charge in [0.05, 0.1) is 11.9 Å². The first kappa shape index (κ1) is 17.2. The molecular weight excluding hydrogens is 355 g/mol. The van der Waals surface area contributed by atoms with E-state index in [2.05, 4.69) is 25.3 Å². The lowest BCUT2D eigenvalue weighted by molar-refractivity contribution is 0.0695. The molecule has 1 aliphatic rings. The van der Waals surface area contributed by atoms with Crippen molar-refractivity contribution in [3.8, 4) is 0 Å². The Balaban J connectivity index is 1.55. The van der Waals surface area contributed by atoms with Gasteiger partial charge in [-0.05, 0) is 12.5 Å². The normalized spacial score (nSPS) is 16.9. The van der Waals surface area contributed by atoms with Gasteiger partial charge in [-0.1, -0.05) is 0 Å². The second kappa shape index (κ2) is 6.80. The number of imidazole rings is 1. The summed E-state index contributed by atoms with van der Waals surface area (Å²) in [7, 11) is 0. The topological polar surface area (TPSA) is 127 Å². The van der Waals surface area contributed by atoms with Crippen LogP contribution in [0.15, 0.2) is 29.5 Å². The zero-order valence-corrected chi connectivity index (χ0v) is 14.2. The van der Waals surface area contributed by atoms with Gasteiger partial charge in [0.2, 0.25) is 5.43 Å². The zero-order valence-electron chi connectivity index (χ0n) is 14.2. The summed E-state index contributed by atoms with van der Waals surface area (Å²) in [4.78, 5) is 39.1. The summed E-state index contributed by atoms with van der Waals surface area (Å²) in [6.07, 6.45) is 5.33. The predicted molar refractivity (Wildman–Crippen MR) is 95.3 cm³/mol. The molecule has 4 rings (SSSR count). The molecule has 0 radical (unpaired) electrons. The number of anilines is 1. The minimum absolute atomic E-state index is 0.0807.